The molecule has 0 atom stereocenters. The number of hydrogen-bond acceptors (Lipinski definition) is 2. The van der Waals surface area contributed by atoms with Gasteiger partial charge in [0, 0.05) is 22.8 Å². The van der Waals surface area contributed by atoms with Crippen molar-refractivity contribution >= 4 is 30.0 Å². The van der Waals surface area contributed by atoms with Crippen LogP contribution in [0.2, 0.25) is 0 Å². The number of ketones is 1. The Balaban J connectivity index is 2.90. The maximum absolute atomic E-state index is 11.4. The van der Waals surface area contributed by atoms with Crippen molar-refractivity contribution in [2.24, 2.45) is 0 Å². The molecule has 1 nitrogen and oxygen atoms in total. The molecule has 0 radical (unpaired) electrons. The van der Waals surface area contributed by atoms with E-state index >= 15 is 0 Å². The summed E-state index contributed by atoms with van der Waals surface area (Å²) in [5, 5.41) is 0. The van der Waals surface area contributed by atoms with Gasteiger partial charge in [-0.25, -0.2) is 0 Å². The van der Waals surface area contributed by atoms with Gasteiger partial charge < -0.3 is 0 Å². The monoisotopic (exact) mass is 214 g/mol. The minimum absolute atomic E-state index is 0.0744. The second-order valence-electron chi connectivity index (χ2n) is 2.86. The molecule has 0 fully saturated rings. The normalized spacial score (nSPS) is 10.1. The smallest absolute Gasteiger partial charge is 0.164 e. The number of aryl methyl sites for hydroxylation is 1. The number of hydrogen-bond donors (Lipinski definition) is 1. The molecule has 0 saturated heterocycles. The topological polar surface area (TPSA) is 17.1 Å². The average molecular weight is 215 g/mol. The van der Waals surface area contributed by atoms with Gasteiger partial charge in [-0.1, -0.05) is 12.1 Å². The quantitative estimate of drug-likeness (QED) is 0.465. The Hall–Kier alpha value is -0.470. The lowest BCUT2D eigenvalue weighted by Crippen LogP contribution is -1.99. The van der Waals surface area contributed by atoms with Gasteiger partial charge in [-0.15, -0.1) is 24.2 Å². The molecule has 0 saturated carbocycles. The molecule has 0 heterocycles. The van der Waals surface area contributed by atoms with Gasteiger partial charge in [-0.3, -0.25) is 4.79 Å². The van der Waals surface area contributed by atoms with Crippen LogP contribution in [0.5, 0.6) is 0 Å². The molecular weight excluding hydrogens is 204 g/mol. The summed E-state index contributed by atoms with van der Waals surface area (Å²) in [6.07, 6.45) is 0.387. The van der Waals surface area contributed by atoms with E-state index in [1.54, 1.807) is 6.07 Å². The fourth-order valence-electron chi connectivity index (χ4n) is 1.01. The summed E-state index contributed by atoms with van der Waals surface area (Å²) >= 11 is 9.72. The molecule has 0 amide bonds. The molecule has 0 bridgehead atoms. The van der Waals surface area contributed by atoms with Crippen LogP contribution in [0.3, 0.4) is 0 Å². The van der Waals surface area contributed by atoms with E-state index in [0.717, 1.165) is 10.5 Å². The molecule has 70 valence electrons. The first kappa shape index (κ1) is 10.6. The fourth-order valence-corrected chi connectivity index (χ4v) is 1.40. The van der Waals surface area contributed by atoms with Gasteiger partial charge in [-0.2, -0.15) is 0 Å². The van der Waals surface area contributed by atoms with Gasteiger partial charge in [0.25, 0.3) is 0 Å². The fraction of sp³-hybridized carbons (Fsp3) is 0.300. The van der Waals surface area contributed by atoms with Gasteiger partial charge in [0.1, 0.15) is 0 Å². The van der Waals surface area contributed by atoms with Crippen LogP contribution in [0, 0.1) is 6.92 Å². The van der Waals surface area contributed by atoms with Crippen LogP contribution >= 0.6 is 24.2 Å². The number of Topliss-reactive ketones (excluding diaryl/α,β-unsaturated/α-hetero) is 1. The first-order valence-electron chi connectivity index (χ1n) is 4.04. The van der Waals surface area contributed by atoms with Gasteiger partial charge in [0.05, 0.1) is 0 Å². The molecule has 1 aromatic rings. The predicted molar refractivity (Wildman–Crippen MR) is 58.1 cm³/mol. The number of halogens is 1. The molecule has 0 aliphatic rings. The van der Waals surface area contributed by atoms with Crippen molar-refractivity contribution < 1.29 is 4.79 Å². The summed E-state index contributed by atoms with van der Waals surface area (Å²) in [4.78, 5) is 12.2. The second kappa shape index (κ2) is 4.68. The molecule has 0 unspecified atom stereocenters. The highest BCUT2D eigenvalue weighted by Crippen LogP contribution is 2.16. The number of carbonyl (C=O) groups excluding carboxylic acids is 1. The van der Waals surface area contributed by atoms with Gasteiger partial charge in [0.15, 0.2) is 5.78 Å². The van der Waals surface area contributed by atoms with Gasteiger partial charge in [0.2, 0.25) is 0 Å². The van der Waals surface area contributed by atoms with Gasteiger partial charge in [-0.05, 0) is 18.6 Å². The summed E-state index contributed by atoms with van der Waals surface area (Å²) in [6, 6.07) is 5.49. The zero-order valence-corrected chi connectivity index (χ0v) is 9.03. The van der Waals surface area contributed by atoms with Gasteiger partial charge >= 0.3 is 0 Å². The van der Waals surface area contributed by atoms with E-state index in [2.05, 4.69) is 12.6 Å². The molecule has 0 aromatic heterocycles. The van der Waals surface area contributed by atoms with E-state index in [-0.39, 0.29) is 5.78 Å². The van der Waals surface area contributed by atoms with Crippen LogP contribution in [-0.2, 0) is 0 Å². The molecule has 13 heavy (non-hydrogen) atoms. The summed E-state index contributed by atoms with van der Waals surface area (Å²) in [7, 11) is 0. The Labute approximate surface area is 88.5 Å². The highest BCUT2D eigenvalue weighted by atomic mass is 35.5. The predicted octanol–water partition coefficient (Wildman–Crippen LogP) is 3.10. The third-order valence-electron chi connectivity index (χ3n) is 1.85. The Morgan fingerprint density at radius 3 is 2.77 bits per heavy atom. The Morgan fingerprint density at radius 2 is 2.23 bits per heavy atom. The highest BCUT2D eigenvalue weighted by molar-refractivity contribution is 7.80. The van der Waals surface area contributed by atoms with E-state index in [0.29, 0.717) is 17.9 Å². The lowest BCUT2D eigenvalue weighted by atomic mass is 10.1. The van der Waals surface area contributed by atoms with Crippen molar-refractivity contribution in [2.75, 3.05) is 5.88 Å². The maximum Gasteiger partial charge on any atom is 0.164 e. The number of rotatable bonds is 3. The first-order chi connectivity index (χ1) is 6.15. The molecule has 0 aliphatic carbocycles. The maximum atomic E-state index is 11.4. The average Bonchev–Trinajstić information content (AvgIpc) is 2.10. The SMILES string of the molecule is Cc1ccc(C(=O)CCCl)cc1S. The molecule has 0 aliphatic heterocycles. The van der Waals surface area contributed by atoms with Crippen molar-refractivity contribution in [1.29, 1.82) is 0 Å². The Kier molecular flexibility index (Phi) is 3.82. The zero-order valence-electron chi connectivity index (χ0n) is 7.38. The molecule has 1 aromatic carbocycles. The lowest BCUT2D eigenvalue weighted by Gasteiger charge is -2.02. The van der Waals surface area contributed by atoms with Crippen LogP contribution in [0.4, 0.5) is 0 Å². The Morgan fingerprint density at radius 1 is 1.54 bits per heavy atom. The van der Waals surface area contributed by atoms with Crippen molar-refractivity contribution in [3.63, 3.8) is 0 Å². The summed E-state index contributed by atoms with van der Waals surface area (Å²) in [5.74, 6) is 0.444. The summed E-state index contributed by atoms with van der Waals surface area (Å²) in [5.41, 5.74) is 1.77. The van der Waals surface area contributed by atoms with Crippen molar-refractivity contribution in [1.82, 2.24) is 0 Å². The van der Waals surface area contributed by atoms with Crippen molar-refractivity contribution in [2.45, 2.75) is 18.2 Å². The standard InChI is InChI=1S/C10H11ClOS/c1-7-2-3-8(6-10(7)13)9(12)4-5-11/h2-3,6,13H,4-5H2,1H3. The van der Waals surface area contributed by atoms with E-state index in [1.807, 2.05) is 19.1 Å². The third kappa shape index (κ3) is 2.75. The second-order valence-corrected chi connectivity index (χ2v) is 3.72. The van der Waals surface area contributed by atoms with Crippen LogP contribution < -0.4 is 0 Å². The van der Waals surface area contributed by atoms with Crippen LogP contribution in [0.1, 0.15) is 22.3 Å². The Bertz CT molecular complexity index is 323. The molecule has 1 rings (SSSR count). The minimum atomic E-state index is 0.0744. The summed E-state index contributed by atoms with van der Waals surface area (Å²) in [6.45, 7) is 1.96. The van der Waals surface area contributed by atoms with E-state index in [4.69, 9.17) is 11.6 Å². The number of thiol groups is 1. The van der Waals surface area contributed by atoms with Crippen LogP contribution in [0.15, 0.2) is 23.1 Å². The molecule has 0 N–H and O–H groups in total. The molecule has 3 heteroatoms. The minimum Gasteiger partial charge on any atom is -0.294 e. The van der Waals surface area contributed by atoms with Crippen molar-refractivity contribution in [3.8, 4) is 0 Å². The van der Waals surface area contributed by atoms with Crippen LogP contribution in [-0.4, -0.2) is 11.7 Å². The summed E-state index contributed by atoms with van der Waals surface area (Å²) < 4.78 is 0. The molecule has 0 spiro atoms. The van der Waals surface area contributed by atoms with Crippen LogP contribution in [0.25, 0.3) is 0 Å². The number of benzene rings is 1. The molecular formula is C10H11ClOS. The van der Waals surface area contributed by atoms with E-state index < -0.39 is 0 Å². The largest absolute Gasteiger partial charge is 0.294 e. The first-order valence-corrected chi connectivity index (χ1v) is 5.02. The number of alkyl halides is 1. The van der Waals surface area contributed by atoms with E-state index in [9.17, 15) is 4.79 Å². The number of carbonyl (C=O) groups is 1. The third-order valence-corrected chi connectivity index (χ3v) is 2.52. The highest BCUT2D eigenvalue weighted by Gasteiger charge is 2.05. The lowest BCUT2D eigenvalue weighted by molar-refractivity contribution is 0.0989. The zero-order chi connectivity index (χ0) is 9.84. The van der Waals surface area contributed by atoms with E-state index in [1.165, 1.54) is 0 Å². The van der Waals surface area contributed by atoms with Crippen molar-refractivity contribution in [3.05, 3.63) is 29.3 Å².